The lowest BCUT2D eigenvalue weighted by Gasteiger charge is -2.01. The van der Waals surface area contributed by atoms with Crippen LogP contribution in [0.25, 0.3) is 11.3 Å². The Morgan fingerprint density at radius 1 is 1.20 bits per heavy atom. The second-order valence-electron chi connectivity index (χ2n) is 4.09. The summed E-state index contributed by atoms with van der Waals surface area (Å²) in [7, 11) is 0. The minimum atomic E-state index is 0.727. The van der Waals surface area contributed by atoms with Crippen molar-refractivity contribution in [2.45, 2.75) is 26.2 Å². The minimum absolute atomic E-state index is 0.727. The zero-order chi connectivity index (χ0) is 10.3. The highest BCUT2D eigenvalue weighted by molar-refractivity contribution is 5.60. The molecule has 2 nitrogen and oxygen atoms in total. The molecular weight excluding hydrogens is 186 g/mol. The van der Waals surface area contributed by atoms with Crippen LogP contribution < -0.4 is 0 Å². The van der Waals surface area contributed by atoms with Crippen LogP contribution in [0, 0.1) is 6.92 Å². The summed E-state index contributed by atoms with van der Waals surface area (Å²) in [5.74, 6) is 0.727. The summed E-state index contributed by atoms with van der Waals surface area (Å²) in [4.78, 5) is 4.34. The smallest absolute Gasteiger partial charge is 0.191 e. The number of rotatable bonds is 1. The first-order valence-electron chi connectivity index (χ1n) is 5.37. The van der Waals surface area contributed by atoms with Crippen LogP contribution in [-0.4, -0.2) is 4.98 Å². The minimum Gasteiger partial charge on any atom is -0.449 e. The third-order valence-electron chi connectivity index (χ3n) is 3.01. The van der Waals surface area contributed by atoms with Gasteiger partial charge in [-0.15, -0.1) is 0 Å². The molecule has 0 unspecified atom stereocenters. The second kappa shape index (κ2) is 3.23. The van der Waals surface area contributed by atoms with E-state index in [-0.39, 0.29) is 0 Å². The van der Waals surface area contributed by atoms with Crippen molar-refractivity contribution in [2.24, 2.45) is 0 Å². The van der Waals surface area contributed by atoms with Gasteiger partial charge in [-0.25, -0.2) is 4.98 Å². The van der Waals surface area contributed by atoms with Gasteiger partial charge in [0.05, 0.1) is 0 Å². The molecule has 1 heterocycles. The van der Waals surface area contributed by atoms with Crippen LogP contribution >= 0.6 is 0 Å². The summed E-state index contributed by atoms with van der Waals surface area (Å²) < 4.78 is 5.23. The van der Waals surface area contributed by atoms with Gasteiger partial charge in [0, 0.05) is 12.5 Å². The van der Waals surface area contributed by atoms with Crippen LogP contribution in [0.2, 0.25) is 0 Å². The zero-order valence-corrected chi connectivity index (χ0v) is 8.79. The van der Waals surface area contributed by atoms with Crippen molar-refractivity contribution >= 4 is 0 Å². The monoisotopic (exact) mass is 199 g/mol. The van der Waals surface area contributed by atoms with Crippen LogP contribution in [0.5, 0.6) is 0 Å². The van der Waals surface area contributed by atoms with E-state index in [0.717, 1.165) is 11.6 Å². The fraction of sp³-hybridized carbons (Fsp3) is 0.308. The molecule has 1 aliphatic rings. The third kappa shape index (κ3) is 1.46. The maximum Gasteiger partial charge on any atom is 0.191 e. The van der Waals surface area contributed by atoms with Crippen LogP contribution in [0.1, 0.15) is 23.4 Å². The molecule has 0 saturated heterocycles. The average Bonchev–Trinajstić information content (AvgIpc) is 2.84. The number of aromatic nitrogens is 1. The van der Waals surface area contributed by atoms with Gasteiger partial charge < -0.3 is 4.42 Å². The highest BCUT2D eigenvalue weighted by atomic mass is 16.3. The number of benzene rings is 1. The number of aryl methyl sites for hydroxylation is 3. The lowest BCUT2D eigenvalue weighted by atomic mass is 10.1. The molecular formula is C13H13NO. The largest absolute Gasteiger partial charge is 0.449 e. The Morgan fingerprint density at radius 2 is 2.07 bits per heavy atom. The van der Waals surface area contributed by atoms with Crippen molar-refractivity contribution in [3.05, 3.63) is 41.5 Å². The van der Waals surface area contributed by atoms with Crippen molar-refractivity contribution in [3.8, 4) is 11.3 Å². The van der Waals surface area contributed by atoms with Crippen LogP contribution in [0.3, 0.4) is 0 Å². The predicted octanol–water partition coefficient (Wildman–Crippen LogP) is 3.14. The number of fused-ring (bicyclic) bond motifs is 1. The molecule has 0 amide bonds. The normalized spacial score (nSPS) is 14.2. The molecule has 0 radical (unpaired) electrons. The number of hydrogen-bond donors (Lipinski definition) is 0. The van der Waals surface area contributed by atoms with Gasteiger partial charge in [-0.1, -0.05) is 12.1 Å². The fourth-order valence-corrected chi connectivity index (χ4v) is 2.23. The molecule has 15 heavy (non-hydrogen) atoms. The molecule has 2 aromatic rings. The van der Waals surface area contributed by atoms with Gasteiger partial charge in [0.15, 0.2) is 5.89 Å². The number of oxazole rings is 1. The molecule has 0 atom stereocenters. The Kier molecular flexibility index (Phi) is 1.88. The summed E-state index contributed by atoms with van der Waals surface area (Å²) in [6, 6.07) is 6.61. The molecule has 0 spiro atoms. The summed E-state index contributed by atoms with van der Waals surface area (Å²) >= 11 is 0. The van der Waals surface area contributed by atoms with Gasteiger partial charge in [0.2, 0.25) is 0 Å². The summed E-state index contributed by atoms with van der Waals surface area (Å²) in [5, 5.41) is 0. The Hall–Kier alpha value is -1.57. The Bertz CT molecular complexity index is 499. The van der Waals surface area contributed by atoms with E-state index in [0.29, 0.717) is 0 Å². The molecule has 1 aromatic heterocycles. The van der Waals surface area contributed by atoms with Crippen LogP contribution in [0.15, 0.2) is 28.9 Å². The van der Waals surface area contributed by atoms with E-state index in [1.807, 2.05) is 6.92 Å². The van der Waals surface area contributed by atoms with Gasteiger partial charge in [-0.3, -0.25) is 0 Å². The standard InChI is InChI=1S/C13H13NO/c1-9-14-13(8-15-9)12-6-5-10-3-2-4-11(10)7-12/h5-8H,2-4H2,1H3. The van der Waals surface area contributed by atoms with Gasteiger partial charge >= 0.3 is 0 Å². The molecule has 76 valence electrons. The highest BCUT2D eigenvalue weighted by Crippen LogP contribution is 2.27. The van der Waals surface area contributed by atoms with Gasteiger partial charge in [-0.05, 0) is 36.5 Å². The van der Waals surface area contributed by atoms with E-state index in [1.165, 1.54) is 36.0 Å². The Labute approximate surface area is 89.0 Å². The Balaban J connectivity index is 2.06. The van der Waals surface area contributed by atoms with Crippen LogP contribution in [-0.2, 0) is 12.8 Å². The van der Waals surface area contributed by atoms with Crippen molar-refractivity contribution in [3.63, 3.8) is 0 Å². The van der Waals surface area contributed by atoms with Crippen molar-refractivity contribution < 1.29 is 4.42 Å². The molecule has 1 aromatic carbocycles. The van der Waals surface area contributed by atoms with Crippen molar-refractivity contribution in [1.82, 2.24) is 4.98 Å². The SMILES string of the molecule is Cc1nc(-c2ccc3c(c2)CCC3)co1. The van der Waals surface area contributed by atoms with Gasteiger partial charge in [0.1, 0.15) is 12.0 Å². The van der Waals surface area contributed by atoms with Gasteiger partial charge in [0.25, 0.3) is 0 Å². The first kappa shape index (κ1) is 8.72. The van der Waals surface area contributed by atoms with Crippen molar-refractivity contribution in [1.29, 1.82) is 0 Å². The topological polar surface area (TPSA) is 26.0 Å². The quantitative estimate of drug-likeness (QED) is 0.705. The molecule has 1 aliphatic carbocycles. The highest BCUT2D eigenvalue weighted by Gasteiger charge is 2.12. The van der Waals surface area contributed by atoms with E-state index in [2.05, 4.69) is 23.2 Å². The molecule has 0 fully saturated rings. The van der Waals surface area contributed by atoms with Crippen molar-refractivity contribution in [2.75, 3.05) is 0 Å². The maximum absolute atomic E-state index is 5.23. The lowest BCUT2D eigenvalue weighted by Crippen LogP contribution is -1.84. The van der Waals surface area contributed by atoms with E-state index >= 15 is 0 Å². The van der Waals surface area contributed by atoms with E-state index < -0.39 is 0 Å². The molecule has 0 saturated carbocycles. The molecule has 0 N–H and O–H groups in total. The molecule has 3 rings (SSSR count). The van der Waals surface area contributed by atoms with Crippen LogP contribution in [0.4, 0.5) is 0 Å². The first-order valence-corrected chi connectivity index (χ1v) is 5.37. The fourth-order valence-electron chi connectivity index (χ4n) is 2.23. The Morgan fingerprint density at radius 3 is 2.87 bits per heavy atom. The molecule has 0 bridgehead atoms. The van der Waals surface area contributed by atoms with E-state index in [1.54, 1.807) is 6.26 Å². The molecule has 0 aliphatic heterocycles. The first-order chi connectivity index (χ1) is 7.33. The average molecular weight is 199 g/mol. The lowest BCUT2D eigenvalue weighted by molar-refractivity contribution is 0.521. The number of nitrogens with zero attached hydrogens (tertiary/aromatic N) is 1. The number of hydrogen-bond acceptors (Lipinski definition) is 2. The summed E-state index contributed by atoms with van der Waals surface area (Å²) in [6.07, 6.45) is 5.45. The van der Waals surface area contributed by atoms with E-state index in [4.69, 9.17) is 4.42 Å². The molecule has 2 heteroatoms. The van der Waals surface area contributed by atoms with Gasteiger partial charge in [-0.2, -0.15) is 0 Å². The maximum atomic E-state index is 5.23. The summed E-state index contributed by atoms with van der Waals surface area (Å²) in [6.45, 7) is 1.87. The predicted molar refractivity (Wildman–Crippen MR) is 58.7 cm³/mol. The zero-order valence-electron chi connectivity index (χ0n) is 8.79. The van der Waals surface area contributed by atoms with E-state index in [9.17, 15) is 0 Å². The third-order valence-corrected chi connectivity index (χ3v) is 3.01. The summed E-state index contributed by atoms with van der Waals surface area (Å²) in [5.41, 5.74) is 5.10. The second-order valence-corrected chi connectivity index (χ2v) is 4.09.